The summed E-state index contributed by atoms with van der Waals surface area (Å²) in [6, 6.07) is 2.50. The Morgan fingerprint density at radius 2 is 2.13 bits per heavy atom. The van der Waals surface area contributed by atoms with Crippen LogP contribution in [0.5, 0.6) is 5.75 Å². The van der Waals surface area contributed by atoms with Gasteiger partial charge in [-0.25, -0.2) is 0 Å². The second kappa shape index (κ2) is 5.07. The minimum atomic E-state index is -2.93. The maximum Gasteiger partial charge on any atom is 0.387 e. The van der Waals surface area contributed by atoms with Gasteiger partial charge in [0.05, 0.1) is 5.02 Å². The molecule has 1 aromatic carbocycles. The van der Waals surface area contributed by atoms with Gasteiger partial charge in [0, 0.05) is 15.2 Å². The molecule has 0 spiro atoms. The Balaban J connectivity index is 3.17. The van der Waals surface area contributed by atoms with E-state index in [0.717, 1.165) is 0 Å². The van der Waals surface area contributed by atoms with Crippen molar-refractivity contribution in [2.45, 2.75) is 13.5 Å². The summed E-state index contributed by atoms with van der Waals surface area (Å²) in [5, 5.41) is 0.221. The highest BCUT2D eigenvalue weighted by molar-refractivity contribution is 14.1. The number of halogens is 4. The molecule has 82 valence electrons. The van der Waals surface area contributed by atoms with Crippen LogP contribution in [0.3, 0.4) is 0 Å². The van der Waals surface area contributed by atoms with Crippen LogP contribution >= 0.6 is 34.2 Å². The summed E-state index contributed by atoms with van der Waals surface area (Å²) >= 11 is 7.64. The van der Waals surface area contributed by atoms with Crippen LogP contribution in [0.25, 0.3) is 0 Å². The van der Waals surface area contributed by atoms with Crippen LogP contribution in [0.2, 0.25) is 5.02 Å². The quantitative estimate of drug-likeness (QED) is 0.615. The summed E-state index contributed by atoms with van der Waals surface area (Å²) in [4.78, 5) is 11.1. The van der Waals surface area contributed by atoms with Crippen molar-refractivity contribution in [3.8, 4) is 5.75 Å². The zero-order valence-electron chi connectivity index (χ0n) is 7.56. The average Bonchev–Trinajstić information content (AvgIpc) is 2.09. The molecule has 0 aliphatic carbocycles. The molecule has 0 aromatic heterocycles. The van der Waals surface area contributed by atoms with Crippen molar-refractivity contribution in [3.63, 3.8) is 0 Å². The molecule has 0 radical (unpaired) electrons. The van der Waals surface area contributed by atoms with Gasteiger partial charge in [0.1, 0.15) is 5.75 Å². The number of benzene rings is 1. The summed E-state index contributed by atoms with van der Waals surface area (Å²) in [5.41, 5.74) is 0.277. The Labute approximate surface area is 104 Å². The van der Waals surface area contributed by atoms with E-state index in [2.05, 4.69) is 4.74 Å². The van der Waals surface area contributed by atoms with Crippen LogP contribution in [-0.2, 0) is 0 Å². The first-order chi connectivity index (χ1) is 6.91. The van der Waals surface area contributed by atoms with Crippen molar-refractivity contribution in [1.29, 1.82) is 0 Å². The molecular formula is C9H6ClF2IO2. The second-order valence-electron chi connectivity index (χ2n) is 2.70. The number of Topliss-reactive ketones (excluding diaryl/α,β-unsaturated/α-hetero) is 1. The Morgan fingerprint density at radius 3 is 2.60 bits per heavy atom. The lowest BCUT2D eigenvalue weighted by Gasteiger charge is -2.08. The van der Waals surface area contributed by atoms with Gasteiger partial charge in [-0.3, -0.25) is 4.79 Å². The summed E-state index contributed by atoms with van der Waals surface area (Å²) in [5.74, 6) is -0.360. The lowest BCUT2D eigenvalue weighted by Crippen LogP contribution is -2.04. The SMILES string of the molecule is CC(=O)c1cc(OC(F)F)cc(Cl)c1I. The fraction of sp³-hybridized carbons (Fsp3) is 0.222. The molecular weight excluding hydrogens is 340 g/mol. The van der Waals surface area contributed by atoms with Gasteiger partial charge in [-0.1, -0.05) is 11.6 Å². The van der Waals surface area contributed by atoms with Gasteiger partial charge >= 0.3 is 6.61 Å². The van der Waals surface area contributed by atoms with E-state index in [9.17, 15) is 13.6 Å². The van der Waals surface area contributed by atoms with E-state index >= 15 is 0 Å². The van der Waals surface area contributed by atoms with E-state index in [0.29, 0.717) is 3.57 Å². The molecule has 0 saturated carbocycles. The highest BCUT2D eigenvalue weighted by Gasteiger charge is 2.13. The number of ketones is 1. The molecule has 1 aromatic rings. The van der Waals surface area contributed by atoms with Crippen LogP contribution in [-0.4, -0.2) is 12.4 Å². The number of carbonyl (C=O) groups is 1. The molecule has 0 fully saturated rings. The number of hydrogen-bond donors (Lipinski definition) is 0. The van der Waals surface area contributed by atoms with E-state index in [4.69, 9.17) is 11.6 Å². The van der Waals surface area contributed by atoms with Gasteiger partial charge in [-0.05, 0) is 35.6 Å². The number of alkyl halides is 2. The maximum absolute atomic E-state index is 11.9. The minimum absolute atomic E-state index is 0.111. The molecule has 0 aliphatic rings. The first kappa shape index (κ1) is 12.6. The predicted molar refractivity (Wildman–Crippen MR) is 60.8 cm³/mol. The van der Waals surface area contributed by atoms with Gasteiger partial charge in [0.25, 0.3) is 0 Å². The largest absolute Gasteiger partial charge is 0.435 e. The highest BCUT2D eigenvalue weighted by Crippen LogP contribution is 2.29. The van der Waals surface area contributed by atoms with Crippen molar-refractivity contribution in [2.75, 3.05) is 0 Å². The van der Waals surface area contributed by atoms with E-state index < -0.39 is 6.61 Å². The van der Waals surface area contributed by atoms with E-state index in [1.807, 2.05) is 22.6 Å². The summed E-state index contributed by atoms with van der Waals surface area (Å²) in [6.45, 7) is -1.60. The van der Waals surface area contributed by atoms with Crippen LogP contribution in [0.15, 0.2) is 12.1 Å². The van der Waals surface area contributed by atoms with Crippen molar-refractivity contribution in [1.82, 2.24) is 0 Å². The molecule has 2 nitrogen and oxygen atoms in total. The first-order valence-corrected chi connectivity index (χ1v) is 5.32. The smallest absolute Gasteiger partial charge is 0.387 e. The van der Waals surface area contributed by atoms with Gasteiger partial charge in [-0.2, -0.15) is 8.78 Å². The fourth-order valence-electron chi connectivity index (χ4n) is 0.991. The molecule has 6 heteroatoms. The zero-order valence-corrected chi connectivity index (χ0v) is 10.5. The third-order valence-electron chi connectivity index (χ3n) is 1.61. The molecule has 0 N–H and O–H groups in total. The Kier molecular flexibility index (Phi) is 4.27. The lowest BCUT2D eigenvalue weighted by atomic mass is 10.1. The Bertz CT molecular complexity index is 396. The normalized spacial score (nSPS) is 10.5. The molecule has 15 heavy (non-hydrogen) atoms. The Hall–Kier alpha value is -0.430. The Morgan fingerprint density at radius 1 is 1.53 bits per heavy atom. The van der Waals surface area contributed by atoms with Crippen molar-refractivity contribution < 1.29 is 18.3 Å². The van der Waals surface area contributed by atoms with E-state index in [1.54, 1.807) is 0 Å². The monoisotopic (exact) mass is 346 g/mol. The van der Waals surface area contributed by atoms with Gasteiger partial charge in [-0.15, -0.1) is 0 Å². The summed E-state index contributed by atoms with van der Waals surface area (Å²) < 4.78 is 28.6. The van der Waals surface area contributed by atoms with Crippen molar-refractivity contribution >= 4 is 40.0 Å². The molecule has 0 amide bonds. The number of carbonyl (C=O) groups excluding carboxylic acids is 1. The third kappa shape index (κ3) is 3.27. The maximum atomic E-state index is 11.9. The van der Waals surface area contributed by atoms with E-state index in [-0.39, 0.29) is 22.1 Å². The molecule has 0 unspecified atom stereocenters. The van der Waals surface area contributed by atoms with Gasteiger partial charge < -0.3 is 4.74 Å². The fourth-order valence-corrected chi connectivity index (χ4v) is 1.89. The molecule has 0 atom stereocenters. The topological polar surface area (TPSA) is 26.3 Å². The molecule has 0 aliphatic heterocycles. The van der Waals surface area contributed by atoms with Crippen LogP contribution < -0.4 is 4.74 Å². The number of rotatable bonds is 3. The molecule has 0 saturated heterocycles. The first-order valence-electron chi connectivity index (χ1n) is 3.86. The summed E-state index contributed by atoms with van der Waals surface area (Å²) in [6.07, 6.45) is 0. The van der Waals surface area contributed by atoms with E-state index in [1.165, 1.54) is 19.1 Å². The zero-order chi connectivity index (χ0) is 11.6. The van der Waals surface area contributed by atoms with Gasteiger partial charge in [0.15, 0.2) is 5.78 Å². The second-order valence-corrected chi connectivity index (χ2v) is 4.19. The molecule has 0 bridgehead atoms. The van der Waals surface area contributed by atoms with Crippen LogP contribution in [0.1, 0.15) is 17.3 Å². The molecule has 0 heterocycles. The van der Waals surface area contributed by atoms with Crippen LogP contribution in [0.4, 0.5) is 8.78 Å². The third-order valence-corrected chi connectivity index (χ3v) is 3.39. The lowest BCUT2D eigenvalue weighted by molar-refractivity contribution is -0.0498. The number of ether oxygens (including phenoxy) is 1. The number of hydrogen-bond acceptors (Lipinski definition) is 2. The predicted octanol–water partition coefficient (Wildman–Crippen LogP) is 3.75. The standard InChI is InChI=1S/C9H6ClF2IO2/c1-4(14)6-2-5(15-9(11)12)3-7(10)8(6)13/h2-3,9H,1H3. The minimum Gasteiger partial charge on any atom is -0.435 e. The van der Waals surface area contributed by atoms with Crippen molar-refractivity contribution in [3.05, 3.63) is 26.3 Å². The van der Waals surface area contributed by atoms with Gasteiger partial charge in [0.2, 0.25) is 0 Å². The summed E-state index contributed by atoms with van der Waals surface area (Å²) in [7, 11) is 0. The van der Waals surface area contributed by atoms with Crippen LogP contribution in [0, 0.1) is 3.57 Å². The highest BCUT2D eigenvalue weighted by atomic mass is 127. The average molecular weight is 346 g/mol. The van der Waals surface area contributed by atoms with Crippen molar-refractivity contribution in [2.24, 2.45) is 0 Å². The molecule has 1 rings (SSSR count).